The summed E-state index contributed by atoms with van der Waals surface area (Å²) >= 11 is 0. The smallest absolute Gasteiger partial charge is 0.319 e. The average Bonchev–Trinajstić information content (AvgIpc) is 2.62. The van der Waals surface area contributed by atoms with Gasteiger partial charge in [0.1, 0.15) is 6.04 Å². The molecule has 0 spiro atoms. The molecule has 2 rings (SSSR count). The highest BCUT2D eigenvalue weighted by Crippen LogP contribution is 2.16. The number of urea groups is 1. The number of anilines is 1. The second-order valence-corrected chi connectivity index (χ2v) is 6.56. The number of hydrogen-bond donors (Lipinski definition) is 3. The van der Waals surface area contributed by atoms with E-state index in [-0.39, 0.29) is 24.5 Å². The largest absolute Gasteiger partial charge is 0.383 e. The van der Waals surface area contributed by atoms with Crippen LogP contribution in [-0.4, -0.2) is 56.2 Å². The van der Waals surface area contributed by atoms with E-state index in [9.17, 15) is 9.59 Å². The first-order valence-electron chi connectivity index (χ1n) is 8.64. The second-order valence-electron chi connectivity index (χ2n) is 6.56. The van der Waals surface area contributed by atoms with Crippen LogP contribution in [0.2, 0.25) is 0 Å². The van der Waals surface area contributed by atoms with Gasteiger partial charge in [0.2, 0.25) is 5.91 Å². The van der Waals surface area contributed by atoms with Crippen LogP contribution in [-0.2, 0) is 9.53 Å². The van der Waals surface area contributed by atoms with Crippen LogP contribution in [0, 0.1) is 12.8 Å². The topological polar surface area (TPSA) is 96.7 Å². The molecule has 7 nitrogen and oxygen atoms in total. The molecule has 0 saturated carbocycles. The van der Waals surface area contributed by atoms with Gasteiger partial charge in [-0.2, -0.15) is 0 Å². The van der Waals surface area contributed by atoms with Crippen LogP contribution in [0.5, 0.6) is 0 Å². The van der Waals surface area contributed by atoms with Crippen molar-refractivity contribution in [2.45, 2.75) is 25.8 Å². The normalized spacial score (nSPS) is 18.5. The van der Waals surface area contributed by atoms with Crippen LogP contribution < -0.4 is 16.4 Å². The molecular weight excluding hydrogens is 320 g/mol. The second kappa shape index (κ2) is 9.39. The highest BCUT2D eigenvalue weighted by molar-refractivity contribution is 5.89. The fourth-order valence-electron chi connectivity index (χ4n) is 2.97. The summed E-state index contributed by atoms with van der Waals surface area (Å²) in [6, 6.07) is 6.78. The Balaban J connectivity index is 1.77. The highest BCUT2D eigenvalue weighted by atomic mass is 16.5. The van der Waals surface area contributed by atoms with Crippen molar-refractivity contribution in [2.75, 3.05) is 38.7 Å². The van der Waals surface area contributed by atoms with E-state index >= 15 is 0 Å². The Kier molecular flexibility index (Phi) is 7.21. The number of ether oxygens (including phenoxy) is 1. The van der Waals surface area contributed by atoms with Gasteiger partial charge in [-0.05, 0) is 37.8 Å². The van der Waals surface area contributed by atoms with Gasteiger partial charge in [0.05, 0.1) is 6.61 Å². The predicted octanol–water partition coefficient (Wildman–Crippen LogP) is 1.33. The maximum absolute atomic E-state index is 12.3. The van der Waals surface area contributed by atoms with Crippen LogP contribution in [0.3, 0.4) is 0 Å². The number of rotatable bonds is 6. The number of likely N-dealkylation sites (tertiary alicyclic amines) is 1. The van der Waals surface area contributed by atoms with Gasteiger partial charge < -0.3 is 26.0 Å². The summed E-state index contributed by atoms with van der Waals surface area (Å²) in [6.45, 7) is 4.07. The first-order chi connectivity index (χ1) is 12.0. The summed E-state index contributed by atoms with van der Waals surface area (Å²) in [6.07, 6.45) is 1.89. The molecule has 1 fully saturated rings. The minimum atomic E-state index is -0.624. The third-order valence-corrected chi connectivity index (χ3v) is 4.35. The van der Waals surface area contributed by atoms with Gasteiger partial charge in [0.15, 0.2) is 0 Å². The van der Waals surface area contributed by atoms with E-state index in [1.54, 1.807) is 4.90 Å². The van der Waals surface area contributed by atoms with Crippen molar-refractivity contribution in [1.29, 1.82) is 0 Å². The number of hydrogen-bond acceptors (Lipinski definition) is 4. The molecule has 1 aromatic rings. The molecule has 0 aromatic heterocycles. The van der Waals surface area contributed by atoms with Crippen LogP contribution >= 0.6 is 0 Å². The average molecular weight is 348 g/mol. The van der Waals surface area contributed by atoms with Gasteiger partial charge in [0, 0.05) is 32.4 Å². The van der Waals surface area contributed by atoms with Crippen molar-refractivity contribution >= 4 is 17.6 Å². The maximum atomic E-state index is 12.3. The lowest BCUT2D eigenvalue weighted by Crippen LogP contribution is -2.51. The number of methoxy groups -OCH3 is 1. The van der Waals surface area contributed by atoms with Crippen LogP contribution in [0.25, 0.3) is 0 Å². The Hall–Kier alpha value is -2.12. The SMILES string of the molecule is COCC(N)C(=O)N1CCCC(CNC(=O)Nc2ccc(C)cc2)C1. The molecule has 0 bridgehead atoms. The number of nitrogens with one attached hydrogen (secondary N) is 2. The lowest BCUT2D eigenvalue weighted by molar-refractivity contribution is -0.135. The van der Waals surface area contributed by atoms with E-state index in [0.29, 0.717) is 19.6 Å². The Morgan fingerprint density at radius 2 is 2.08 bits per heavy atom. The third kappa shape index (κ3) is 6.03. The quantitative estimate of drug-likeness (QED) is 0.722. The third-order valence-electron chi connectivity index (χ3n) is 4.35. The van der Waals surface area contributed by atoms with Crippen LogP contribution in [0.15, 0.2) is 24.3 Å². The fourth-order valence-corrected chi connectivity index (χ4v) is 2.97. The number of carbonyl (C=O) groups excluding carboxylic acids is 2. The zero-order valence-electron chi connectivity index (χ0n) is 15.0. The van der Waals surface area contributed by atoms with Crippen LogP contribution in [0.4, 0.5) is 10.5 Å². The first kappa shape index (κ1) is 19.2. The van der Waals surface area contributed by atoms with Gasteiger partial charge in [0.25, 0.3) is 0 Å². The van der Waals surface area contributed by atoms with Crippen molar-refractivity contribution < 1.29 is 14.3 Å². The number of nitrogens with two attached hydrogens (primary N) is 1. The number of piperidine rings is 1. The molecule has 1 aliphatic rings. The summed E-state index contributed by atoms with van der Waals surface area (Å²) < 4.78 is 4.95. The monoisotopic (exact) mass is 348 g/mol. The van der Waals surface area contributed by atoms with E-state index < -0.39 is 6.04 Å². The van der Waals surface area contributed by atoms with E-state index in [4.69, 9.17) is 10.5 Å². The van der Waals surface area contributed by atoms with Crippen molar-refractivity contribution in [2.24, 2.45) is 11.7 Å². The summed E-state index contributed by atoms with van der Waals surface area (Å²) in [5.41, 5.74) is 7.73. The molecule has 0 radical (unpaired) electrons. The van der Waals surface area contributed by atoms with E-state index in [1.807, 2.05) is 31.2 Å². The van der Waals surface area contributed by atoms with Gasteiger partial charge in [-0.3, -0.25) is 4.79 Å². The molecule has 1 aromatic carbocycles. The number of aryl methyl sites for hydroxylation is 1. The standard InChI is InChI=1S/C18H28N4O3/c1-13-5-7-15(8-6-13)21-18(24)20-10-14-4-3-9-22(11-14)17(23)16(19)12-25-2/h5-8,14,16H,3-4,9-12,19H2,1-2H3,(H2,20,21,24). The molecule has 2 unspecified atom stereocenters. The number of benzene rings is 1. The molecule has 1 heterocycles. The molecule has 4 N–H and O–H groups in total. The summed E-state index contributed by atoms with van der Waals surface area (Å²) in [4.78, 5) is 26.0. The molecule has 1 aliphatic heterocycles. The van der Waals surface area contributed by atoms with Gasteiger partial charge in [-0.25, -0.2) is 4.79 Å². The van der Waals surface area contributed by atoms with Crippen molar-refractivity contribution in [3.05, 3.63) is 29.8 Å². The molecule has 7 heteroatoms. The summed E-state index contributed by atoms with van der Waals surface area (Å²) in [5.74, 6) is 0.145. The molecule has 0 aliphatic carbocycles. The molecule has 3 amide bonds. The molecule has 138 valence electrons. The number of amides is 3. The lowest BCUT2D eigenvalue weighted by atomic mass is 9.97. The lowest BCUT2D eigenvalue weighted by Gasteiger charge is -2.34. The Morgan fingerprint density at radius 3 is 2.76 bits per heavy atom. The maximum Gasteiger partial charge on any atom is 0.319 e. The molecule has 25 heavy (non-hydrogen) atoms. The van der Waals surface area contributed by atoms with Crippen molar-refractivity contribution in [3.63, 3.8) is 0 Å². The van der Waals surface area contributed by atoms with Gasteiger partial charge in [-0.15, -0.1) is 0 Å². The van der Waals surface area contributed by atoms with Gasteiger partial charge in [-0.1, -0.05) is 17.7 Å². The zero-order chi connectivity index (χ0) is 18.2. The summed E-state index contributed by atoms with van der Waals surface area (Å²) in [5, 5.41) is 5.70. The number of nitrogens with zero attached hydrogens (tertiary/aromatic N) is 1. The Bertz CT molecular complexity index is 576. The van der Waals surface area contributed by atoms with E-state index in [1.165, 1.54) is 7.11 Å². The first-order valence-corrected chi connectivity index (χ1v) is 8.64. The molecular formula is C18H28N4O3. The number of carbonyl (C=O) groups is 2. The highest BCUT2D eigenvalue weighted by Gasteiger charge is 2.27. The van der Waals surface area contributed by atoms with E-state index in [2.05, 4.69) is 10.6 Å². The fraction of sp³-hybridized carbons (Fsp3) is 0.556. The Labute approximate surface area is 148 Å². The molecule has 1 saturated heterocycles. The minimum absolute atomic E-state index is 0.0874. The minimum Gasteiger partial charge on any atom is -0.383 e. The van der Waals surface area contributed by atoms with Crippen molar-refractivity contribution in [1.82, 2.24) is 10.2 Å². The predicted molar refractivity (Wildman–Crippen MR) is 97.4 cm³/mol. The van der Waals surface area contributed by atoms with Crippen molar-refractivity contribution in [3.8, 4) is 0 Å². The Morgan fingerprint density at radius 1 is 1.36 bits per heavy atom. The summed E-state index contributed by atoms with van der Waals surface area (Å²) in [7, 11) is 1.53. The van der Waals surface area contributed by atoms with Crippen LogP contribution in [0.1, 0.15) is 18.4 Å². The zero-order valence-corrected chi connectivity index (χ0v) is 15.0. The van der Waals surface area contributed by atoms with E-state index in [0.717, 1.165) is 24.1 Å². The van der Waals surface area contributed by atoms with Gasteiger partial charge >= 0.3 is 6.03 Å². The molecule has 2 atom stereocenters.